The Kier molecular flexibility index (Phi) is 7.33. The fourth-order valence-corrected chi connectivity index (χ4v) is 2.50. The van der Waals surface area contributed by atoms with Crippen molar-refractivity contribution in [3.05, 3.63) is 54.1 Å². The first-order valence-electron chi connectivity index (χ1n) is 8.86. The van der Waals surface area contributed by atoms with Crippen molar-refractivity contribution in [2.24, 2.45) is 0 Å². The molecule has 0 unspecified atom stereocenters. The summed E-state index contributed by atoms with van der Waals surface area (Å²) in [5, 5.41) is 9.24. The summed E-state index contributed by atoms with van der Waals surface area (Å²) in [4.78, 5) is 12.1. The van der Waals surface area contributed by atoms with Crippen LogP contribution in [0.1, 0.15) is 56.3 Å². The second-order valence-electron chi connectivity index (χ2n) is 6.19. The van der Waals surface area contributed by atoms with Crippen molar-refractivity contribution >= 4 is 5.97 Å². The lowest BCUT2D eigenvalue weighted by Gasteiger charge is -2.14. The average molecular weight is 342 g/mol. The number of rotatable bonds is 9. The maximum absolute atomic E-state index is 12.1. The normalized spacial score (nSPS) is 11.8. The van der Waals surface area contributed by atoms with Crippen LogP contribution >= 0.6 is 0 Å². The minimum Gasteiger partial charge on any atom is -0.508 e. The molecule has 2 aromatic carbocycles. The zero-order chi connectivity index (χ0) is 18.1. The minimum absolute atomic E-state index is 0.130. The number of carbonyl (C=O) groups is 1. The van der Waals surface area contributed by atoms with Crippen molar-refractivity contribution in [3.63, 3.8) is 0 Å². The lowest BCUT2D eigenvalue weighted by Crippen LogP contribution is -2.12. The van der Waals surface area contributed by atoms with Gasteiger partial charge in [-0.05, 0) is 68.3 Å². The predicted octanol–water partition coefficient (Wildman–Crippen LogP) is 5.35. The number of hydrogen-bond donors (Lipinski definition) is 1. The van der Waals surface area contributed by atoms with Gasteiger partial charge in [-0.2, -0.15) is 0 Å². The topological polar surface area (TPSA) is 55.8 Å². The summed E-state index contributed by atoms with van der Waals surface area (Å²) >= 11 is 0. The van der Waals surface area contributed by atoms with Crippen molar-refractivity contribution in [2.45, 2.75) is 52.1 Å². The molecule has 0 saturated heterocycles. The number of phenolic OH excluding ortho intramolecular Hbond substituents is 1. The van der Waals surface area contributed by atoms with E-state index in [0.717, 1.165) is 12.2 Å². The molecular formula is C21H26O4. The predicted molar refractivity (Wildman–Crippen MR) is 98.4 cm³/mol. The Morgan fingerprint density at radius 2 is 1.60 bits per heavy atom. The summed E-state index contributed by atoms with van der Waals surface area (Å²) in [5.74, 6) is 0.836. The molecular weight excluding hydrogens is 316 g/mol. The summed E-state index contributed by atoms with van der Waals surface area (Å²) < 4.78 is 11.1. The Bertz CT molecular complexity index is 647. The molecule has 0 aliphatic rings. The van der Waals surface area contributed by atoms with Gasteiger partial charge >= 0.3 is 5.97 Å². The molecule has 0 heterocycles. The highest BCUT2D eigenvalue weighted by molar-refractivity contribution is 5.91. The first-order valence-corrected chi connectivity index (χ1v) is 8.86. The van der Waals surface area contributed by atoms with Crippen LogP contribution in [0.5, 0.6) is 17.2 Å². The molecule has 0 aromatic heterocycles. The van der Waals surface area contributed by atoms with E-state index in [1.165, 1.54) is 37.8 Å². The Morgan fingerprint density at radius 3 is 2.24 bits per heavy atom. The molecule has 25 heavy (non-hydrogen) atoms. The van der Waals surface area contributed by atoms with E-state index in [4.69, 9.17) is 9.47 Å². The quantitative estimate of drug-likeness (QED) is 0.379. The summed E-state index contributed by atoms with van der Waals surface area (Å²) in [5.41, 5.74) is 0.455. The molecule has 0 aliphatic carbocycles. The molecule has 0 bridgehead atoms. The third kappa shape index (κ3) is 6.49. The molecule has 2 rings (SSSR count). The van der Waals surface area contributed by atoms with Crippen LogP contribution in [-0.4, -0.2) is 17.2 Å². The van der Waals surface area contributed by atoms with Gasteiger partial charge in [0.15, 0.2) is 0 Å². The third-order valence-corrected chi connectivity index (χ3v) is 3.94. The molecule has 1 atom stereocenters. The molecule has 0 amide bonds. The molecule has 0 fully saturated rings. The minimum atomic E-state index is -0.440. The number of phenols is 1. The van der Waals surface area contributed by atoms with E-state index < -0.39 is 5.97 Å². The van der Waals surface area contributed by atoms with Gasteiger partial charge in [-0.15, -0.1) is 0 Å². The third-order valence-electron chi connectivity index (χ3n) is 3.94. The molecule has 0 spiro atoms. The van der Waals surface area contributed by atoms with Crippen LogP contribution in [0.2, 0.25) is 0 Å². The molecule has 4 heteroatoms. The van der Waals surface area contributed by atoms with Crippen LogP contribution in [0.25, 0.3) is 0 Å². The van der Waals surface area contributed by atoms with Crippen LogP contribution in [-0.2, 0) is 0 Å². The van der Waals surface area contributed by atoms with Crippen molar-refractivity contribution in [2.75, 3.05) is 0 Å². The number of aromatic hydroxyl groups is 1. The van der Waals surface area contributed by atoms with Gasteiger partial charge in [0, 0.05) is 0 Å². The highest BCUT2D eigenvalue weighted by Crippen LogP contribution is 2.20. The average Bonchev–Trinajstić information content (AvgIpc) is 2.61. The van der Waals surface area contributed by atoms with Gasteiger partial charge < -0.3 is 14.6 Å². The van der Waals surface area contributed by atoms with E-state index in [9.17, 15) is 9.90 Å². The summed E-state index contributed by atoms with van der Waals surface area (Å²) in [6, 6.07) is 13.0. The van der Waals surface area contributed by atoms with Crippen molar-refractivity contribution in [3.8, 4) is 17.2 Å². The van der Waals surface area contributed by atoms with E-state index in [0.29, 0.717) is 11.3 Å². The monoisotopic (exact) mass is 342 g/mol. The smallest absolute Gasteiger partial charge is 0.343 e. The Labute approximate surface area is 149 Å². The molecule has 2 aromatic rings. The molecule has 0 saturated carbocycles. The first kappa shape index (κ1) is 18.8. The fourth-order valence-electron chi connectivity index (χ4n) is 2.50. The zero-order valence-corrected chi connectivity index (χ0v) is 14.9. The maximum atomic E-state index is 12.1. The largest absolute Gasteiger partial charge is 0.508 e. The first-order chi connectivity index (χ1) is 12.1. The standard InChI is InChI=1S/C21H26O4/c1-3-4-5-6-7-16(2)24-19-12-8-17(9-13-19)21(23)25-20-14-10-18(22)11-15-20/h8-16,22H,3-7H2,1-2H3/t16-/m0/s1. The summed E-state index contributed by atoms with van der Waals surface area (Å²) in [7, 11) is 0. The maximum Gasteiger partial charge on any atom is 0.343 e. The molecule has 0 aliphatic heterocycles. The second-order valence-corrected chi connectivity index (χ2v) is 6.19. The van der Waals surface area contributed by atoms with Crippen LogP contribution in [0, 0.1) is 0 Å². The molecule has 0 radical (unpaired) electrons. The Morgan fingerprint density at radius 1 is 0.960 bits per heavy atom. The van der Waals surface area contributed by atoms with Gasteiger partial charge in [0.2, 0.25) is 0 Å². The molecule has 134 valence electrons. The van der Waals surface area contributed by atoms with Crippen molar-refractivity contribution < 1.29 is 19.4 Å². The van der Waals surface area contributed by atoms with Crippen molar-refractivity contribution in [1.82, 2.24) is 0 Å². The number of esters is 1. The number of carbonyl (C=O) groups excluding carboxylic acids is 1. The van der Waals surface area contributed by atoms with E-state index in [1.807, 2.05) is 0 Å². The summed E-state index contributed by atoms with van der Waals surface area (Å²) in [6.45, 7) is 4.27. The number of ether oxygens (including phenoxy) is 2. The lowest BCUT2D eigenvalue weighted by molar-refractivity contribution is 0.0734. The number of benzene rings is 2. The van der Waals surface area contributed by atoms with Crippen LogP contribution in [0.4, 0.5) is 0 Å². The van der Waals surface area contributed by atoms with Gasteiger partial charge in [0.25, 0.3) is 0 Å². The number of unbranched alkanes of at least 4 members (excludes halogenated alkanes) is 3. The van der Waals surface area contributed by atoms with Crippen LogP contribution < -0.4 is 9.47 Å². The highest BCUT2D eigenvalue weighted by Gasteiger charge is 2.10. The summed E-state index contributed by atoms with van der Waals surface area (Å²) in [6.07, 6.45) is 6.11. The van der Waals surface area contributed by atoms with Gasteiger partial charge in [-0.3, -0.25) is 0 Å². The SMILES string of the molecule is CCCCCC[C@H](C)Oc1ccc(C(=O)Oc2ccc(O)cc2)cc1. The Hall–Kier alpha value is -2.49. The van der Waals surface area contributed by atoms with E-state index in [1.54, 1.807) is 36.4 Å². The Balaban J connectivity index is 1.84. The number of hydrogen-bond acceptors (Lipinski definition) is 4. The van der Waals surface area contributed by atoms with Crippen molar-refractivity contribution in [1.29, 1.82) is 0 Å². The van der Waals surface area contributed by atoms with E-state index in [-0.39, 0.29) is 11.9 Å². The molecule has 4 nitrogen and oxygen atoms in total. The fraction of sp³-hybridized carbons (Fsp3) is 0.381. The van der Waals surface area contributed by atoms with E-state index in [2.05, 4.69) is 13.8 Å². The van der Waals surface area contributed by atoms with Gasteiger partial charge in [0.05, 0.1) is 11.7 Å². The van der Waals surface area contributed by atoms with Gasteiger partial charge in [0.1, 0.15) is 17.2 Å². The van der Waals surface area contributed by atoms with Crippen LogP contribution in [0.3, 0.4) is 0 Å². The van der Waals surface area contributed by atoms with Gasteiger partial charge in [-0.1, -0.05) is 26.2 Å². The van der Waals surface area contributed by atoms with E-state index >= 15 is 0 Å². The van der Waals surface area contributed by atoms with Gasteiger partial charge in [-0.25, -0.2) is 4.79 Å². The highest BCUT2D eigenvalue weighted by atomic mass is 16.5. The zero-order valence-electron chi connectivity index (χ0n) is 14.9. The molecule has 1 N–H and O–H groups in total. The second kappa shape index (κ2) is 9.72. The van der Waals surface area contributed by atoms with Crippen LogP contribution in [0.15, 0.2) is 48.5 Å². The lowest BCUT2D eigenvalue weighted by atomic mass is 10.1.